The average Bonchev–Trinajstić information content (AvgIpc) is 2.72. The fraction of sp³-hybridized carbons (Fsp3) is 0.182. The zero-order chi connectivity index (χ0) is 10.6. The summed E-state index contributed by atoms with van der Waals surface area (Å²) in [4.78, 5) is 0. The van der Waals surface area contributed by atoms with E-state index in [-0.39, 0.29) is 0 Å². The largest absolute Gasteiger partial charge is 0.418 e. The molecule has 1 aromatic carbocycles. The van der Waals surface area contributed by atoms with Gasteiger partial charge in [0.25, 0.3) is 5.82 Å². The normalized spacial score (nSPS) is 11.6. The Balaban J connectivity index is 2.65. The molecular formula is C11H12N3O+. The molecule has 0 bridgehead atoms. The molecule has 0 fully saturated rings. The van der Waals surface area contributed by atoms with Crippen LogP contribution >= 0.6 is 0 Å². The molecule has 15 heavy (non-hydrogen) atoms. The third kappa shape index (κ3) is 0.883. The topological polar surface area (TPSA) is 48.0 Å². The van der Waals surface area contributed by atoms with Crippen LogP contribution in [-0.2, 0) is 7.05 Å². The highest BCUT2D eigenvalue weighted by Gasteiger charge is 2.24. The lowest BCUT2D eigenvalue weighted by molar-refractivity contribution is -0.651. The van der Waals surface area contributed by atoms with Gasteiger partial charge in [-0.15, -0.1) is 0 Å². The monoisotopic (exact) mass is 202 g/mol. The average molecular weight is 202 g/mol. The van der Waals surface area contributed by atoms with Crippen LogP contribution in [0.5, 0.6) is 0 Å². The van der Waals surface area contributed by atoms with E-state index in [2.05, 4.69) is 0 Å². The molecule has 76 valence electrons. The molecule has 0 spiro atoms. The predicted molar refractivity (Wildman–Crippen MR) is 57.8 cm³/mol. The smallest absolute Gasteiger partial charge is 0.362 e. The molecule has 4 nitrogen and oxygen atoms in total. The van der Waals surface area contributed by atoms with Gasteiger partial charge in [0.2, 0.25) is 5.52 Å². The summed E-state index contributed by atoms with van der Waals surface area (Å²) in [6.45, 7) is 1.96. The van der Waals surface area contributed by atoms with Crippen molar-refractivity contribution in [3.05, 3.63) is 30.1 Å². The van der Waals surface area contributed by atoms with Gasteiger partial charge in [-0.25, -0.2) is 4.57 Å². The van der Waals surface area contributed by atoms with Gasteiger partial charge in [-0.05, 0) is 12.1 Å². The molecule has 0 atom stereocenters. The van der Waals surface area contributed by atoms with E-state index in [0.29, 0.717) is 0 Å². The van der Waals surface area contributed by atoms with Crippen molar-refractivity contribution in [3.8, 4) is 0 Å². The minimum absolute atomic E-state index is 0.719. The van der Waals surface area contributed by atoms with Gasteiger partial charge in [-0.2, -0.15) is 0 Å². The highest BCUT2D eigenvalue weighted by molar-refractivity contribution is 5.99. The van der Waals surface area contributed by atoms with E-state index in [4.69, 9.17) is 10.3 Å². The van der Waals surface area contributed by atoms with Crippen molar-refractivity contribution in [2.24, 2.45) is 7.05 Å². The number of hydrogen-bond donors (Lipinski definition) is 1. The lowest BCUT2D eigenvalue weighted by Gasteiger charge is -1.90. The van der Waals surface area contributed by atoms with Gasteiger partial charge in [0, 0.05) is 6.92 Å². The van der Waals surface area contributed by atoms with Crippen molar-refractivity contribution in [2.45, 2.75) is 6.92 Å². The maximum absolute atomic E-state index is 5.91. The van der Waals surface area contributed by atoms with Crippen molar-refractivity contribution in [3.63, 3.8) is 0 Å². The second kappa shape index (κ2) is 2.53. The predicted octanol–water partition coefficient (Wildman–Crippen LogP) is 1.23. The minimum Gasteiger partial charge on any atom is -0.418 e. The van der Waals surface area contributed by atoms with Crippen LogP contribution in [0, 0.1) is 6.92 Å². The quantitative estimate of drug-likeness (QED) is 0.440. The van der Waals surface area contributed by atoms with E-state index >= 15 is 0 Å². The highest BCUT2D eigenvalue weighted by atomic mass is 16.3. The summed E-state index contributed by atoms with van der Waals surface area (Å²) in [5.74, 6) is 6.87. The number of furan rings is 1. The SMILES string of the molecule is Cc1n(N)c2oc3ccccc3c2[n+]1C. The van der Waals surface area contributed by atoms with Crippen LogP contribution in [0.15, 0.2) is 28.7 Å². The number of fused-ring (bicyclic) bond motifs is 3. The van der Waals surface area contributed by atoms with Gasteiger partial charge in [-0.3, -0.25) is 5.84 Å². The van der Waals surface area contributed by atoms with Gasteiger partial charge >= 0.3 is 5.71 Å². The number of para-hydroxylation sites is 1. The fourth-order valence-electron chi connectivity index (χ4n) is 1.98. The molecular weight excluding hydrogens is 190 g/mol. The number of rotatable bonds is 0. The van der Waals surface area contributed by atoms with Crippen LogP contribution in [0.25, 0.3) is 22.2 Å². The zero-order valence-electron chi connectivity index (χ0n) is 8.69. The molecule has 3 aromatic rings. The highest BCUT2D eigenvalue weighted by Crippen LogP contribution is 2.25. The van der Waals surface area contributed by atoms with Crippen molar-refractivity contribution in [2.75, 3.05) is 5.84 Å². The number of benzene rings is 1. The van der Waals surface area contributed by atoms with Gasteiger partial charge in [-0.1, -0.05) is 16.8 Å². The molecule has 2 N–H and O–H groups in total. The first kappa shape index (κ1) is 8.35. The van der Waals surface area contributed by atoms with Gasteiger partial charge < -0.3 is 4.42 Å². The first-order valence-corrected chi connectivity index (χ1v) is 4.84. The molecule has 4 heteroatoms. The second-order valence-electron chi connectivity index (χ2n) is 3.73. The Hall–Kier alpha value is -1.97. The maximum Gasteiger partial charge on any atom is 0.362 e. The third-order valence-electron chi connectivity index (χ3n) is 2.94. The van der Waals surface area contributed by atoms with E-state index in [1.807, 2.05) is 42.8 Å². The van der Waals surface area contributed by atoms with Crippen LogP contribution in [0.1, 0.15) is 5.82 Å². The summed E-state index contributed by atoms with van der Waals surface area (Å²) in [6, 6.07) is 7.95. The number of aryl methyl sites for hydroxylation is 1. The minimum atomic E-state index is 0.719. The number of nitrogens with two attached hydrogens (primary N) is 1. The molecule has 3 rings (SSSR count). The van der Waals surface area contributed by atoms with Crippen molar-refractivity contribution in [1.82, 2.24) is 4.68 Å². The summed E-state index contributed by atoms with van der Waals surface area (Å²) in [6.07, 6.45) is 0. The summed E-state index contributed by atoms with van der Waals surface area (Å²) >= 11 is 0. The Kier molecular flexibility index (Phi) is 1.41. The summed E-state index contributed by atoms with van der Waals surface area (Å²) in [5, 5.41) is 1.10. The van der Waals surface area contributed by atoms with Gasteiger partial charge in [0.05, 0.1) is 12.4 Å². The Morgan fingerprint density at radius 1 is 1.33 bits per heavy atom. The molecule has 0 unspecified atom stereocenters. The van der Waals surface area contributed by atoms with E-state index in [1.165, 1.54) is 0 Å². The number of nitrogen functional groups attached to an aromatic ring is 1. The molecule has 2 aromatic heterocycles. The molecule has 0 amide bonds. The molecule has 0 radical (unpaired) electrons. The van der Waals surface area contributed by atoms with Gasteiger partial charge in [0.1, 0.15) is 5.58 Å². The van der Waals surface area contributed by atoms with Crippen molar-refractivity contribution in [1.29, 1.82) is 0 Å². The van der Waals surface area contributed by atoms with Crippen LogP contribution in [0.3, 0.4) is 0 Å². The molecule has 2 heterocycles. The van der Waals surface area contributed by atoms with Crippen molar-refractivity contribution >= 4 is 22.2 Å². The number of aromatic nitrogens is 2. The lowest BCUT2D eigenvalue weighted by atomic mass is 10.2. The molecule has 0 aliphatic heterocycles. The summed E-state index contributed by atoms with van der Waals surface area (Å²) in [5.41, 5.74) is 2.64. The van der Waals surface area contributed by atoms with Gasteiger partial charge in [0.15, 0.2) is 0 Å². The van der Waals surface area contributed by atoms with Crippen LogP contribution in [0.4, 0.5) is 0 Å². The van der Waals surface area contributed by atoms with Crippen LogP contribution < -0.4 is 10.4 Å². The molecule has 0 saturated carbocycles. The summed E-state index contributed by atoms with van der Waals surface area (Å²) in [7, 11) is 1.99. The Bertz CT molecular complexity index is 663. The lowest BCUT2D eigenvalue weighted by Crippen LogP contribution is -2.32. The molecule has 0 saturated heterocycles. The Morgan fingerprint density at radius 2 is 2.07 bits per heavy atom. The molecule has 0 aliphatic rings. The maximum atomic E-state index is 5.91. The van der Waals surface area contributed by atoms with Crippen molar-refractivity contribution < 1.29 is 8.98 Å². The van der Waals surface area contributed by atoms with Crippen LogP contribution in [-0.4, -0.2) is 4.68 Å². The van der Waals surface area contributed by atoms with Crippen LogP contribution in [0.2, 0.25) is 0 Å². The van der Waals surface area contributed by atoms with E-state index in [1.54, 1.807) is 4.68 Å². The van der Waals surface area contributed by atoms with E-state index in [9.17, 15) is 0 Å². The number of nitrogens with zero attached hydrogens (tertiary/aromatic N) is 2. The number of hydrogen-bond acceptors (Lipinski definition) is 2. The fourth-order valence-corrected chi connectivity index (χ4v) is 1.98. The number of imidazole rings is 1. The Labute approximate surface area is 86.5 Å². The summed E-state index contributed by atoms with van der Waals surface area (Å²) < 4.78 is 9.32. The second-order valence-corrected chi connectivity index (χ2v) is 3.73. The standard InChI is InChI=1S/C11H12N3O/c1-7-13(2)10-8-5-3-4-6-9(8)15-11(10)14(7)12/h3-6H,12H2,1-2H3/q+1. The first-order valence-electron chi connectivity index (χ1n) is 4.84. The third-order valence-corrected chi connectivity index (χ3v) is 2.94. The Morgan fingerprint density at radius 3 is 2.87 bits per heavy atom. The molecule has 0 aliphatic carbocycles. The first-order chi connectivity index (χ1) is 7.20. The van der Waals surface area contributed by atoms with E-state index in [0.717, 1.165) is 28.0 Å². The zero-order valence-corrected chi connectivity index (χ0v) is 8.69. The van der Waals surface area contributed by atoms with E-state index < -0.39 is 0 Å².